The Morgan fingerprint density at radius 3 is 2.45 bits per heavy atom. The minimum absolute atomic E-state index is 0.278. The number of hydrogen-bond donors (Lipinski definition) is 1. The van der Waals surface area contributed by atoms with Gasteiger partial charge in [0.05, 0.1) is 0 Å². The minimum Gasteiger partial charge on any atom is -0.396 e. The van der Waals surface area contributed by atoms with Gasteiger partial charge in [-0.25, -0.2) is 0 Å². The van der Waals surface area contributed by atoms with Crippen molar-refractivity contribution in [1.29, 1.82) is 0 Å². The monoisotopic (exact) mass is 156 g/mol. The first-order valence-electron chi connectivity index (χ1n) is 4.57. The van der Waals surface area contributed by atoms with Crippen LogP contribution in [0.25, 0.3) is 0 Å². The molecule has 0 amide bonds. The van der Waals surface area contributed by atoms with E-state index >= 15 is 0 Å². The summed E-state index contributed by atoms with van der Waals surface area (Å²) in [6.07, 6.45) is 8.74. The van der Waals surface area contributed by atoms with Crippen molar-refractivity contribution in [3.05, 3.63) is 12.2 Å². The average molecular weight is 156 g/mol. The van der Waals surface area contributed by atoms with Crippen molar-refractivity contribution in [2.45, 2.75) is 39.5 Å². The third kappa shape index (κ3) is 7.60. The molecule has 0 bridgehead atoms. The maximum atomic E-state index is 8.47. The van der Waals surface area contributed by atoms with Gasteiger partial charge in [0.1, 0.15) is 0 Å². The molecule has 0 aromatic rings. The van der Waals surface area contributed by atoms with E-state index in [1.807, 2.05) is 0 Å². The van der Waals surface area contributed by atoms with Crippen LogP contribution >= 0.6 is 0 Å². The van der Waals surface area contributed by atoms with Crippen molar-refractivity contribution < 1.29 is 5.11 Å². The van der Waals surface area contributed by atoms with Crippen LogP contribution in [0.1, 0.15) is 39.5 Å². The van der Waals surface area contributed by atoms with E-state index in [0.29, 0.717) is 0 Å². The molecule has 1 N–H and O–H groups in total. The molecule has 0 aliphatic carbocycles. The van der Waals surface area contributed by atoms with E-state index in [2.05, 4.69) is 26.0 Å². The lowest BCUT2D eigenvalue weighted by Gasteiger charge is -2.03. The summed E-state index contributed by atoms with van der Waals surface area (Å²) in [7, 11) is 0. The fourth-order valence-corrected chi connectivity index (χ4v) is 0.895. The van der Waals surface area contributed by atoms with E-state index in [1.54, 1.807) is 0 Å². The summed E-state index contributed by atoms with van der Waals surface area (Å²) in [5.74, 6) is 0.841. The molecule has 0 saturated heterocycles. The van der Waals surface area contributed by atoms with Crippen LogP contribution in [0.4, 0.5) is 0 Å². The van der Waals surface area contributed by atoms with Crippen LogP contribution < -0.4 is 0 Å². The van der Waals surface area contributed by atoms with Gasteiger partial charge in [-0.2, -0.15) is 0 Å². The number of hydrogen-bond acceptors (Lipinski definition) is 1. The van der Waals surface area contributed by atoms with Crippen molar-refractivity contribution in [2.24, 2.45) is 5.92 Å². The Labute approximate surface area is 70.1 Å². The Kier molecular flexibility index (Phi) is 7.59. The van der Waals surface area contributed by atoms with E-state index in [1.165, 1.54) is 12.8 Å². The Bertz CT molecular complexity index is 97.0. The van der Waals surface area contributed by atoms with E-state index in [9.17, 15) is 0 Å². The summed E-state index contributed by atoms with van der Waals surface area (Å²) in [5.41, 5.74) is 0. The SMILES string of the molecule is CCC(C)CCC=CCCO. The lowest BCUT2D eigenvalue weighted by molar-refractivity contribution is 0.302. The molecule has 0 rings (SSSR count). The average Bonchev–Trinajstić information content (AvgIpc) is 2.04. The second kappa shape index (κ2) is 7.80. The summed E-state index contributed by atoms with van der Waals surface area (Å²) < 4.78 is 0. The zero-order valence-electron chi connectivity index (χ0n) is 7.71. The quantitative estimate of drug-likeness (QED) is 0.586. The van der Waals surface area contributed by atoms with Crippen molar-refractivity contribution in [1.82, 2.24) is 0 Å². The van der Waals surface area contributed by atoms with Crippen LogP contribution in [0.3, 0.4) is 0 Å². The maximum absolute atomic E-state index is 8.47. The van der Waals surface area contributed by atoms with Gasteiger partial charge in [0, 0.05) is 6.61 Å². The summed E-state index contributed by atoms with van der Waals surface area (Å²) in [6, 6.07) is 0. The summed E-state index contributed by atoms with van der Waals surface area (Å²) in [4.78, 5) is 0. The van der Waals surface area contributed by atoms with E-state index in [-0.39, 0.29) is 6.61 Å². The van der Waals surface area contributed by atoms with Crippen LogP contribution in [0, 0.1) is 5.92 Å². The number of allylic oxidation sites excluding steroid dienone is 1. The molecule has 1 atom stereocenters. The van der Waals surface area contributed by atoms with E-state index < -0.39 is 0 Å². The van der Waals surface area contributed by atoms with Gasteiger partial charge in [0.15, 0.2) is 0 Å². The molecule has 0 aromatic carbocycles. The predicted molar refractivity (Wildman–Crippen MR) is 49.5 cm³/mol. The first kappa shape index (κ1) is 10.7. The maximum Gasteiger partial charge on any atom is 0.0465 e. The summed E-state index contributed by atoms with van der Waals surface area (Å²) in [6.45, 7) is 4.78. The highest BCUT2D eigenvalue weighted by Crippen LogP contribution is 2.09. The van der Waals surface area contributed by atoms with Crippen LogP contribution in [-0.2, 0) is 0 Å². The first-order valence-corrected chi connectivity index (χ1v) is 4.57. The Balaban J connectivity index is 3.12. The van der Waals surface area contributed by atoms with Crippen LogP contribution in [-0.4, -0.2) is 11.7 Å². The largest absolute Gasteiger partial charge is 0.396 e. The van der Waals surface area contributed by atoms with Gasteiger partial charge in [0.2, 0.25) is 0 Å². The van der Waals surface area contributed by atoms with Gasteiger partial charge in [-0.3, -0.25) is 0 Å². The molecule has 11 heavy (non-hydrogen) atoms. The Hall–Kier alpha value is -0.300. The molecule has 0 saturated carbocycles. The molecule has 0 spiro atoms. The van der Waals surface area contributed by atoms with Crippen LogP contribution in [0.2, 0.25) is 0 Å². The fourth-order valence-electron chi connectivity index (χ4n) is 0.895. The molecule has 0 aliphatic rings. The normalized spacial score (nSPS) is 14.1. The summed E-state index contributed by atoms with van der Waals surface area (Å²) >= 11 is 0. The van der Waals surface area contributed by atoms with Crippen LogP contribution in [0.15, 0.2) is 12.2 Å². The molecule has 0 radical (unpaired) electrons. The molecule has 1 nitrogen and oxygen atoms in total. The van der Waals surface area contributed by atoms with Gasteiger partial charge < -0.3 is 5.11 Å². The second-order valence-corrected chi connectivity index (χ2v) is 3.07. The minimum atomic E-state index is 0.278. The Morgan fingerprint density at radius 2 is 1.91 bits per heavy atom. The van der Waals surface area contributed by atoms with Crippen molar-refractivity contribution in [3.63, 3.8) is 0 Å². The molecule has 0 aromatic heterocycles. The third-order valence-electron chi connectivity index (χ3n) is 1.99. The van der Waals surface area contributed by atoms with Gasteiger partial charge in [-0.1, -0.05) is 32.4 Å². The molecule has 0 fully saturated rings. The molecule has 0 heterocycles. The standard InChI is InChI=1S/C10H20O/c1-3-10(2)8-6-4-5-7-9-11/h4-5,10-11H,3,6-9H2,1-2H3. The lowest BCUT2D eigenvalue weighted by Crippen LogP contribution is -1.89. The third-order valence-corrected chi connectivity index (χ3v) is 1.99. The van der Waals surface area contributed by atoms with Gasteiger partial charge in [-0.15, -0.1) is 0 Å². The zero-order valence-corrected chi connectivity index (χ0v) is 7.71. The van der Waals surface area contributed by atoms with E-state index in [0.717, 1.165) is 18.8 Å². The molecule has 1 unspecified atom stereocenters. The molecule has 66 valence electrons. The number of aliphatic hydroxyl groups excluding tert-OH is 1. The van der Waals surface area contributed by atoms with Crippen molar-refractivity contribution in [2.75, 3.05) is 6.61 Å². The zero-order chi connectivity index (χ0) is 8.53. The number of rotatable bonds is 6. The highest BCUT2D eigenvalue weighted by Gasteiger charge is 1.94. The summed E-state index contributed by atoms with van der Waals surface area (Å²) in [5, 5.41) is 8.47. The lowest BCUT2D eigenvalue weighted by atomic mass is 10.0. The van der Waals surface area contributed by atoms with Gasteiger partial charge in [-0.05, 0) is 25.2 Å². The van der Waals surface area contributed by atoms with E-state index in [4.69, 9.17) is 5.11 Å². The highest BCUT2D eigenvalue weighted by molar-refractivity contribution is 4.81. The fraction of sp³-hybridized carbons (Fsp3) is 0.800. The van der Waals surface area contributed by atoms with Gasteiger partial charge >= 0.3 is 0 Å². The van der Waals surface area contributed by atoms with Crippen LogP contribution in [0.5, 0.6) is 0 Å². The van der Waals surface area contributed by atoms with Crippen molar-refractivity contribution in [3.8, 4) is 0 Å². The molecular formula is C10H20O. The molecule has 0 aliphatic heterocycles. The topological polar surface area (TPSA) is 20.2 Å². The number of aliphatic hydroxyl groups is 1. The first-order chi connectivity index (χ1) is 5.31. The molecule has 1 heteroatoms. The smallest absolute Gasteiger partial charge is 0.0465 e. The second-order valence-electron chi connectivity index (χ2n) is 3.07. The highest BCUT2D eigenvalue weighted by atomic mass is 16.2. The Morgan fingerprint density at radius 1 is 1.27 bits per heavy atom. The van der Waals surface area contributed by atoms with Crippen molar-refractivity contribution >= 4 is 0 Å². The molecular weight excluding hydrogens is 136 g/mol. The predicted octanol–water partition coefficient (Wildman–Crippen LogP) is 2.75. The van der Waals surface area contributed by atoms with Gasteiger partial charge in [0.25, 0.3) is 0 Å².